The summed E-state index contributed by atoms with van der Waals surface area (Å²) in [6.07, 6.45) is 1.12. The van der Waals surface area contributed by atoms with Crippen LogP contribution in [0.5, 0.6) is 0 Å². The van der Waals surface area contributed by atoms with Crippen molar-refractivity contribution in [2.45, 2.75) is 18.6 Å². The topological polar surface area (TPSA) is 131 Å². The molecule has 0 radical (unpaired) electrons. The fourth-order valence-corrected chi connectivity index (χ4v) is 1.22. The highest BCUT2D eigenvalue weighted by Gasteiger charge is 2.30. The minimum Gasteiger partial charge on any atom is -0.366 e. The van der Waals surface area contributed by atoms with Gasteiger partial charge < -0.3 is 11.1 Å². The molecule has 0 aliphatic heterocycles. The van der Waals surface area contributed by atoms with Gasteiger partial charge in [-0.25, -0.2) is 8.42 Å². The first-order valence-electron chi connectivity index (χ1n) is 4.79. The monoisotopic (exact) mass is 261 g/mol. The van der Waals surface area contributed by atoms with Gasteiger partial charge in [0.2, 0.25) is 11.8 Å². The van der Waals surface area contributed by atoms with E-state index in [0.29, 0.717) is 0 Å². The Bertz CT molecular complexity index is 519. The number of nitrogens with one attached hydrogen (secondary N) is 2. The Morgan fingerprint density at radius 2 is 2.12 bits per heavy atom. The number of carbonyl (C=O) groups is 1. The van der Waals surface area contributed by atoms with Gasteiger partial charge in [0.1, 0.15) is 0 Å². The van der Waals surface area contributed by atoms with Crippen molar-refractivity contribution < 1.29 is 13.2 Å². The number of hydrogen-bond acceptors (Lipinski definition) is 6. The molecule has 1 rings (SSSR count). The van der Waals surface area contributed by atoms with E-state index in [1.807, 2.05) is 0 Å². The van der Waals surface area contributed by atoms with Gasteiger partial charge in [0, 0.05) is 12.8 Å². The van der Waals surface area contributed by atoms with Crippen molar-refractivity contribution >= 4 is 21.7 Å². The van der Waals surface area contributed by atoms with Crippen LogP contribution in [-0.2, 0) is 9.84 Å². The summed E-state index contributed by atoms with van der Waals surface area (Å²) in [5, 5.41) is 8.28. The number of nitrogens with zero attached hydrogens (tertiary/aromatic N) is 2. The molecule has 96 valence electrons. The lowest BCUT2D eigenvalue weighted by Gasteiger charge is -2.22. The zero-order valence-electron chi connectivity index (χ0n) is 9.81. The minimum absolute atomic E-state index is 0.0225. The van der Waals surface area contributed by atoms with Crippen LogP contribution < -0.4 is 11.1 Å². The first-order valence-corrected chi connectivity index (χ1v) is 6.68. The first-order chi connectivity index (χ1) is 7.63. The molecule has 8 nitrogen and oxygen atoms in total. The Balaban J connectivity index is 2.67. The molecule has 1 amide bonds. The van der Waals surface area contributed by atoms with Crippen molar-refractivity contribution in [3.05, 3.63) is 5.82 Å². The summed E-state index contributed by atoms with van der Waals surface area (Å²) in [7, 11) is -3.26. The molecule has 0 fully saturated rings. The Hall–Kier alpha value is -1.64. The number of H-pyrrole nitrogens is 1. The zero-order valence-corrected chi connectivity index (χ0v) is 10.6. The van der Waals surface area contributed by atoms with Gasteiger partial charge >= 0.3 is 0 Å². The van der Waals surface area contributed by atoms with Crippen LogP contribution in [0.3, 0.4) is 0 Å². The standard InChI is InChI=1S/C8H15N5O3S/c1-8(2,17(3,15)16)4-10-6(14)5-11-7(9)13-12-5/h4H2,1-3H3,(H,10,14)(H3,9,11,12,13). The van der Waals surface area contributed by atoms with Crippen molar-refractivity contribution in [2.24, 2.45) is 0 Å². The lowest BCUT2D eigenvalue weighted by molar-refractivity contribution is 0.0940. The van der Waals surface area contributed by atoms with Crippen molar-refractivity contribution in [3.63, 3.8) is 0 Å². The largest absolute Gasteiger partial charge is 0.366 e. The van der Waals surface area contributed by atoms with E-state index in [0.717, 1.165) is 6.26 Å². The molecule has 1 aromatic rings. The van der Waals surface area contributed by atoms with Gasteiger partial charge in [-0.1, -0.05) is 0 Å². The van der Waals surface area contributed by atoms with Gasteiger partial charge in [-0.3, -0.25) is 9.89 Å². The molecule has 0 saturated heterocycles. The SMILES string of the molecule is CC(C)(CNC(=O)c1nc(N)n[nH]1)S(C)(=O)=O. The molecular weight excluding hydrogens is 246 g/mol. The van der Waals surface area contributed by atoms with E-state index in [9.17, 15) is 13.2 Å². The fourth-order valence-electron chi connectivity index (χ4n) is 0.884. The number of nitrogens with two attached hydrogens (primary N) is 1. The second-order valence-electron chi connectivity index (χ2n) is 4.26. The number of aromatic nitrogens is 3. The predicted octanol–water partition coefficient (Wildman–Crippen LogP) is -1.06. The predicted molar refractivity (Wildman–Crippen MR) is 62.1 cm³/mol. The number of amides is 1. The molecule has 9 heteroatoms. The van der Waals surface area contributed by atoms with Gasteiger partial charge in [-0.2, -0.15) is 4.98 Å². The van der Waals surface area contributed by atoms with E-state index in [1.54, 1.807) is 0 Å². The lowest BCUT2D eigenvalue weighted by Crippen LogP contribution is -2.44. The molecule has 0 aliphatic rings. The van der Waals surface area contributed by atoms with E-state index in [4.69, 9.17) is 5.73 Å². The van der Waals surface area contributed by atoms with Gasteiger partial charge in [-0.15, -0.1) is 5.10 Å². The maximum absolute atomic E-state index is 11.5. The second-order valence-corrected chi connectivity index (χ2v) is 6.91. The first kappa shape index (κ1) is 13.4. The van der Waals surface area contributed by atoms with E-state index >= 15 is 0 Å². The second kappa shape index (κ2) is 4.32. The molecule has 0 saturated carbocycles. The zero-order chi connectivity index (χ0) is 13.3. The molecule has 1 heterocycles. The van der Waals surface area contributed by atoms with Crippen LogP contribution in [0.4, 0.5) is 5.95 Å². The number of hydrogen-bond donors (Lipinski definition) is 3. The average molecular weight is 261 g/mol. The highest BCUT2D eigenvalue weighted by atomic mass is 32.2. The van der Waals surface area contributed by atoms with E-state index in [1.165, 1.54) is 13.8 Å². The molecule has 0 aliphatic carbocycles. The Morgan fingerprint density at radius 3 is 2.53 bits per heavy atom. The molecule has 1 aromatic heterocycles. The highest BCUT2D eigenvalue weighted by Crippen LogP contribution is 2.13. The number of nitrogen functional groups attached to an aromatic ring is 1. The summed E-state index contributed by atoms with van der Waals surface area (Å²) in [6.45, 7) is 3.03. The summed E-state index contributed by atoms with van der Waals surface area (Å²) < 4.78 is 21.8. The van der Waals surface area contributed by atoms with Crippen molar-refractivity contribution in [2.75, 3.05) is 18.5 Å². The van der Waals surface area contributed by atoms with Crippen LogP contribution in [0, 0.1) is 0 Å². The van der Waals surface area contributed by atoms with Gasteiger partial charge in [-0.05, 0) is 13.8 Å². The molecule has 0 bridgehead atoms. The normalized spacial score (nSPS) is 12.4. The lowest BCUT2D eigenvalue weighted by atomic mass is 10.2. The van der Waals surface area contributed by atoms with Gasteiger partial charge in [0.15, 0.2) is 9.84 Å². The molecule has 0 atom stereocenters. The smallest absolute Gasteiger partial charge is 0.288 e. The quantitative estimate of drug-likeness (QED) is 0.633. The van der Waals surface area contributed by atoms with Crippen molar-refractivity contribution in [1.29, 1.82) is 0 Å². The Morgan fingerprint density at radius 1 is 1.53 bits per heavy atom. The summed E-state index contributed by atoms with van der Waals surface area (Å²) in [4.78, 5) is 15.2. The third kappa shape index (κ3) is 3.16. The highest BCUT2D eigenvalue weighted by molar-refractivity contribution is 7.92. The summed E-state index contributed by atoms with van der Waals surface area (Å²) in [5.41, 5.74) is 5.24. The van der Waals surface area contributed by atoms with E-state index in [2.05, 4.69) is 20.5 Å². The fraction of sp³-hybridized carbons (Fsp3) is 0.625. The van der Waals surface area contributed by atoms with Gasteiger partial charge in [0.05, 0.1) is 4.75 Å². The maximum Gasteiger partial charge on any atom is 0.288 e. The third-order valence-electron chi connectivity index (χ3n) is 2.40. The molecular formula is C8H15N5O3S. The number of sulfone groups is 1. The number of carbonyl (C=O) groups excluding carboxylic acids is 1. The van der Waals surface area contributed by atoms with Crippen molar-refractivity contribution in [1.82, 2.24) is 20.5 Å². The van der Waals surface area contributed by atoms with Crippen LogP contribution in [0.2, 0.25) is 0 Å². The van der Waals surface area contributed by atoms with Crippen LogP contribution in [-0.4, -0.2) is 47.1 Å². The third-order valence-corrected chi connectivity index (χ3v) is 4.55. The van der Waals surface area contributed by atoms with Gasteiger partial charge in [0.25, 0.3) is 5.91 Å². The minimum atomic E-state index is -3.26. The summed E-state index contributed by atoms with van der Waals surface area (Å²) >= 11 is 0. The van der Waals surface area contributed by atoms with Crippen LogP contribution in [0.25, 0.3) is 0 Å². The Kier molecular flexibility index (Phi) is 3.41. The van der Waals surface area contributed by atoms with E-state index in [-0.39, 0.29) is 18.3 Å². The Labute approximate surface area is 98.9 Å². The molecule has 0 spiro atoms. The van der Waals surface area contributed by atoms with Crippen molar-refractivity contribution in [3.8, 4) is 0 Å². The summed E-state index contributed by atoms with van der Waals surface area (Å²) in [5.74, 6) is -0.643. The number of rotatable bonds is 4. The van der Waals surface area contributed by atoms with Crippen LogP contribution in [0.1, 0.15) is 24.5 Å². The number of anilines is 1. The maximum atomic E-state index is 11.5. The molecule has 0 aromatic carbocycles. The van der Waals surface area contributed by atoms with E-state index < -0.39 is 20.5 Å². The summed E-state index contributed by atoms with van der Waals surface area (Å²) in [6, 6.07) is 0. The van der Waals surface area contributed by atoms with Crippen LogP contribution >= 0.6 is 0 Å². The molecule has 17 heavy (non-hydrogen) atoms. The number of aromatic amines is 1. The van der Waals surface area contributed by atoms with Crippen LogP contribution in [0.15, 0.2) is 0 Å². The molecule has 4 N–H and O–H groups in total. The average Bonchev–Trinajstić information content (AvgIpc) is 2.59. The molecule has 0 unspecified atom stereocenters.